The van der Waals surface area contributed by atoms with Crippen molar-refractivity contribution < 1.29 is 14.3 Å². The maximum atomic E-state index is 12.5. The molecule has 0 atom stereocenters. The molecular formula is C25H21BrN2O3. The largest absolute Gasteiger partial charge is 0.494 e. The Balaban J connectivity index is 1.59. The average Bonchev–Trinajstić information content (AvgIpc) is 2.79. The molecule has 156 valence electrons. The summed E-state index contributed by atoms with van der Waals surface area (Å²) in [6, 6.07) is 24.1. The summed E-state index contributed by atoms with van der Waals surface area (Å²) in [5, 5.41) is 12.1. The Bertz CT molecular complexity index is 1080. The third-order valence-corrected chi connectivity index (χ3v) is 4.83. The monoisotopic (exact) mass is 476 g/mol. The van der Waals surface area contributed by atoms with E-state index in [0.717, 1.165) is 21.3 Å². The topological polar surface area (TPSA) is 71.3 Å². The molecule has 0 bridgehead atoms. The number of ether oxygens (including phenoxy) is 2. The van der Waals surface area contributed by atoms with Crippen molar-refractivity contribution in [3.8, 4) is 17.6 Å². The van der Waals surface area contributed by atoms with Crippen LogP contribution in [0.1, 0.15) is 18.1 Å². The SMILES string of the molecule is CCOc1ccc(/C=C(\C#N)C(=O)Nc2ccc(OCc3ccc(Br)cc3)cc2)cc1. The molecule has 1 amide bonds. The van der Waals surface area contributed by atoms with Crippen molar-refractivity contribution in [3.63, 3.8) is 0 Å². The van der Waals surface area contributed by atoms with Gasteiger partial charge in [0.25, 0.3) is 5.91 Å². The highest BCUT2D eigenvalue weighted by atomic mass is 79.9. The summed E-state index contributed by atoms with van der Waals surface area (Å²) >= 11 is 3.41. The van der Waals surface area contributed by atoms with E-state index in [1.165, 1.54) is 0 Å². The number of halogens is 1. The van der Waals surface area contributed by atoms with Gasteiger partial charge in [0.2, 0.25) is 0 Å². The Morgan fingerprint density at radius 3 is 2.19 bits per heavy atom. The van der Waals surface area contributed by atoms with E-state index in [4.69, 9.17) is 9.47 Å². The van der Waals surface area contributed by atoms with E-state index in [1.54, 1.807) is 54.6 Å². The molecule has 0 aliphatic rings. The molecule has 0 spiro atoms. The van der Waals surface area contributed by atoms with Gasteiger partial charge < -0.3 is 14.8 Å². The van der Waals surface area contributed by atoms with E-state index in [2.05, 4.69) is 21.2 Å². The molecular weight excluding hydrogens is 456 g/mol. The second-order valence-electron chi connectivity index (χ2n) is 6.57. The molecule has 0 fully saturated rings. The predicted molar refractivity (Wildman–Crippen MR) is 125 cm³/mol. The average molecular weight is 477 g/mol. The van der Waals surface area contributed by atoms with Gasteiger partial charge in [0.1, 0.15) is 29.7 Å². The molecule has 0 saturated carbocycles. The van der Waals surface area contributed by atoms with Gasteiger partial charge in [-0.15, -0.1) is 0 Å². The zero-order chi connectivity index (χ0) is 22.1. The van der Waals surface area contributed by atoms with Crippen LogP contribution < -0.4 is 14.8 Å². The van der Waals surface area contributed by atoms with E-state index >= 15 is 0 Å². The number of rotatable bonds is 8. The minimum atomic E-state index is -0.472. The predicted octanol–water partition coefficient (Wildman–Crippen LogP) is 5.97. The first-order valence-electron chi connectivity index (χ1n) is 9.70. The zero-order valence-electron chi connectivity index (χ0n) is 17.0. The maximum Gasteiger partial charge on any atom is 0.266 e. The third-order valence-electron chi connectivity index (χ3n) is 4.30. The molecule has 0 aliphatic heterocycles. The van der Waals surface area contributed by atoms with Crippen molar-refractivity contribution in [2.45, 2.75) is 13.5 Å². The number of anilines is 1. The van der Waals surface area contributed by atoms with Gasteiger partial charge in [-0.3, -0.25) is 4.79 Å². The lowest BCUT2D eigenvalue weighted by Crippen LogP contribution is -2.13. The molecule has 3 rings (SSSR count). The van der Waals surface area contributed by atoms with Crippen LogP contribution in [-0.2, 0) is 11.4 Å². The van der Waals surface area contributed by atoms with Crippen molar-refractivity contribution >= 4 is 33.6 Å². The van der Waals surface area contributed by atoms with E-state index in [0.29, 0.717) is 24.7 Å². The minimum absolute atomic E-state index is 0.0136. The lowest BCUT2D eigenvalue weighted by Gasteiger charge is -2.08. The van der Waals surface area contributed by atoms with Crippen LogP contribution in [0.3, 0.4) is 0 Å². The van der Waals surface area contributed by atoms with Crippen LogP contribution in [0.25, 0.3) is 6.08 Å². The van der Waals surface area contributed by atoms with Gasteiger partial charge in [0.05, 0.1) is 6.61 Å². The van der Waals surface area contributed by atoms with Gasteiger partial charge in [-0.05, 0) is 72.7 Å². The number of benzene rings is 3. The zero-order valence-corrected chi connectivity index (χ0v) is 18.6. The van der Waals surface area contributed by atoms with Gasteiger partial charge in [-0.25, -0.2) is 0 Å². The van der Waals surface area contributed by atoms with Gasteiger partial charge in [0.15, 0.2) is 0 Å². The summed E-state index contributed by atoms with van der Waals surface area (Å²) in [5.74, 6) is 0.955. The molecule has 6 heteroatoms. The number of amides is 1. The molecule has 0 unspecified atom stereocenters. The number of nitrogens with one attached hydrogen (secondary N) is 1. The van der Waals surface area contributed by atoms with Crippen molar-refractivity contribution in [2.75, 3.05) is 11.9 Å². The van der Waals surface area contributed by atoms with E-state index in [-0.39, 0.29) is 5.57 Å². The van der Waals surface area contributed by atoms with Gasteiger partial charge in [0, 0.05) is 10.2 Å². The fourth-order valence-electron chi connectivity index (χ4n) is 2.72. The standard InChI is InChI=1S/C25H21BrN2O3/c1-2-30-23-11-5-18(6-12-23)15-20(16-27)25(29)28-22-9-13-24(14-10-22)31-17-19-3-7-21(26)8-4-19/h3-15H,2,17H2,1H3,(H,28,29)/b20-15+. The van der Waals surface area contributed by atoms with Crippen LogP contribution in [0.4, 0.5) is 5.69 Å². The Hall–Kier alpha value is -3.56. The first-order chi connectivity index (χ1) is 15.1. The van der Waals surface area contributed by atoms with Crippen LogP contribution in [0, 0.1) is 11.3 Å². The Morgan fingerprint density at radius 1 is 0.968 bits per heavy atom. The maximum absolute atomic E-state index is 12.5. The molecule has 1 N–H and O–H groups in total. The van der Waals surface area contributed by atoms with Crippen LogP contribution >= 0.6 is 15.9 Å². The second-order valence-corrected chi connectivity index (χ2v) is 7.48. The Kier molecular flexibility index (Phi) is 7.85. The van der Waals surface area contributed by atoms with Gasteiger partial charge in [-0.1, -0.05) is 40.2 Å². The van der Waals surface area contributed by atoms with E-state index in [1.807, 2.05) is 37.3 Å². The molecule has 0 radical (unpaired) electrons. The van der Waals surface area contributed by atoms with Crippen LogP contribution in [0.5, 0.6) is 11.5 Å². The Labute approximate surface area is 190 Å². The third kappa shape index (κ3) is 6.73. The number of hydrogen-bond acceptors (Lipinski definition) is 4. The molecule has 5 nitrogen and oxygen atoms in total. The summed E-state index contributed by atoms with van der Waals surface area (Å²) in [4.78, 5) is 12.5. The van der Waals surface area contributed by atoms with Crippen molar-refractivity contribution in [1.82, 2.24) is 0 Å². The van der Waals surface area contributed by atoms with E-state index in [9.17, 15) is 10.1 Å². The van der Waals surface area contributed by atoms with Crippen LogP contribution in [-0.4, -0.2) is 12.5 Å². The highest BCUT2D eigenvalue weighted by Crippen LogP contribution is 2.19. The summed E-state index contributed by atoms with van der Waals surface area (Å²) in [5.41, 5.74) is 2.39. The lowest BCUT2D eigenvalue weighted by atomic mass is 10.1. The number of carbonyl (C=O) groups excluding carboxylic acids is 1. The van der Waals surface area contributed by atoms with E-state index < -0.39 is 5.91 Å². The van der Waals surface area contributed by atoms with Gasteiger partial charge >= 0.3 is 0 Å². The molecule has 0 aliphatic carbocycles. The van der Waals surface area contributed by atoms with Crippen molar-refractivity contribution in [2.24, 2.45) is 0 Å². The molecule has 0 aromatic heterocycles. The summed E-state index contributed by atoms with van der Waals surface area (Å²) in [7, 11) is 0. The molecule has 0 heterocycles. The smallest absolute Gasteiger partial charge is 0.266 e. The fourth-order valence-corrected chi connectivity index (χ4v) is 2.99. The normalized spacial score (nSPS) is 10.8. The van der Waals surface area contributed by atoms with Crippen LogP contribution in [0.15, 0.2) is 82.8 Å². The summed E-state index contributed by atoms with van der Waals surface area (Å²) in [6.45, 7) is 2.94. The fraction of sp³-hybridized carbons (Fsp3) is 0.120. The molecule has 3 aromatic rings. The quantitative estimate of drug-likeness (QED) is 0.321. The molecule has 3 aromatic carbocycles. The van der Waals surface area contributed by atoms with Crippen molar-refractivity contribution in [3.05, 3.63) is 94.0 Å². The highest BCUT2D eigenvalue weighted by molar-refractivity contribution is 9.10. The number of nitriles is 1. The van der Waals surface area contributed by atoms with Gasteiger partial charge in [-0.2, -0.15) is 5.26 Å². The van der Waals surface area contributed by atoms with Crippen molar-refractivity contribution in [1.29, 1.82) is 5.26 Å². The lowest BCUT2D eigenvalue weighted by molar-refractivity contribution is -0.112. The molecule has 31 heavy (non-hydrogen) atoms. The molecule has 0 saturated heterocycles. The second kappa shape index (κ2) is 11.0. The van der Waals surface area contributed by atoms with Crippen LogP contribution in [0.2, 0.25) is 0 Å². The summed E-state index contributed by atoms with van der Waals surface area (Å²) in [6.07, 6.45) is 1.54. The minimum Gasteiger partial charge on any atom is -0.494 e. The Morgan fingerprint density at radius 2 is 1.58 bits per heavy atom. The summed E-state index contributed by atoms with van der Waals surface area (Å²) < 4.78 is 12.2. The number of nitrogens with zero attached hydrogens (tertiary/aromatic N) is 1. The first kappa shape index (κ1) is 22.1. The number of hydrogen-bond donors (Lipinski definition) is 1. The number of carbonyl (C=O) groups is 1. The first-order valence-corrected chi connectivity index (χ1v) is 10.5. The highest BCUT2D eigenvalue weighted by Gasteiger charge is 2.10.